The Kier molecular flexibility index (Phi) is 6.63. The highest BCUT2D eigenvalue weighted by Crippen LogP contribution is 2.26. The molecule has 0 radical (unpaired) electrons. The molecule has 4 rings (SSSR count). The first kappa shape index (κ1) is 23.8. The van der Waals surface area contributed by atoms with Crippen LogP contribution in [0.4, 0.5) is 17.1 Å². The van der Waals surface area contributed by atoms with Crippen LogP contribution in [0, 0.1) is 13.8 Å². The van der Waals surface area contributed by atoms with Gasteiger partial charge in [0.05, 0.1) is 15.5 Å². The van der Waals surface area contributed by atoms with Crippen LogP contribution in [0.15, 0.2) is 65.6 Å². The Bertz CT molecular complexity index is 1370. The summed E-state index contributed by atoms with van der Waals surface area (Å²) >= 11 is 6.21. The average molecular weight is 498 g/mol. The van der Waals surface area contributed by atoms with E-state index in [9.17, 15) is 18.0 Å². The van der Waals surface area contributed by atoms with Crippen LogP contribution in [0.2, 0.25) is 5.02 Å². The Labute approximate surface area is 203 Å². The number of nitrogens with one attached hydrogen (secondary N) is 2. The van der Waals surface area contributed by atoms with Gasteiger partial charge in [-0.15, -0.1) is 0 Å². The molecule has 0 spiro atoms. The quantitative estimate of drug-likeness (QED) is 0.493. The van der Waals surface area contributed by atoms with E-state index >= 15 is 0 Å². The molecule has 0 aromatic heterocycles. The molecule has 7 nitrogen and oxygen atoms in total. The zero-order valence-electron chi connectivity index (χ0n) is 18.8. The Morgan fingerprint density at radius 3 is 2.29 bits per heavy atom. The fourth-order valence-corrected chi connectivity index (χ4v) is 4.99. The maximum atomic E-state index is 12.9. The number of halogens is 1. The largest absolute Gasteiger partial charge is 0.322 e. The molecule has 1 fully saturated rings. The Morgan fingerprint density at radius 2 is 1.65 bits per heavy atom. The molecule has 34 heavy (non-hydrogen) atoms. The van der Waals surface area contributed by atoms with Crippen molar-refractivity contribution in [3.8, 4) is 0 Å². The van der Waals surface area contributed by atoms with Crippen molar-refractivity contribution >= 4 is 50.5 Å². The second-order valence-corrected chi connectivity index (χ2v) is 10.3. The molecule has 176 valence electrons. The van der Waals surface area contributed by atoms with E-state index in [4.69, 9.17) is 11.6 Å². The number of carbonyl (C=O) groups is 2. The lowest BCUT2D eigenvalue weighted by Crippen LogP contribution is -2.23. The maximum Gasteiger partial charge on any atom is 0.261 e. The van der Waals surface area contributed by atoms with Gasteiger partial charge in [0.2, 0.25) is 5.91 Å². The Balaban J connectivity index is 1.52. The van der Waals surface area contributed by atoms with Gasteiger partial charge in [0.15, 0.2) is 0 Å². The molecule has 3 aromatic carbocycles. The molecule has 9 heteroatoms. The minimum Gasteiger partial charge on any atom is -0.322 e. The van der Waals surface area contributed by atoms with E-state index < -0.39 is 15.9 Å². The number of carbonyl (C=O) groups excluding carboxylic acids is 2. The SMILES string of the molecule is Cc1ccc(NS(=O)(=O)c2ccc(Cl)c(C(=O)Nc3ccc(N4CCCC4=O)cc3)c2)cc1C. The van der Waals surface area contributed by atoms with E-state index in [1.54, 1.807) is 41.3 Å². The first-order chi connectivity index (χ1) is 16.1. The van der Waals surface area contributed by atoms with E-state index in [0.717, 1.165) is 23.2 Å². The van der Waals surface area contributed by atoms with Gasteiger partial charge >= 0.3 is 0 Å². The van der Waals surface area contributed by atoms with E-state index in [1.807, 2.05) is 19.9 Å². The fraction of sp³-hybridized carbons (Fsp3) is 0.200. The molecule has 0 saturated carbocycles. The summed E-state index contributed by atoms with van der Waals surface area (Å²) in [5.41, 5.74) is 3.73. The van der Waals surface area contributed by atoms with Crippen molar-refractivity contribution in [3.05, 3.63) is 82.4 Å². The monoisotopic (exact) mass is 497 g/mol. The van der Waals surface area contributed by atoms with E-state index in [1.165, 1.54) is 18.2 Å². The van der Waals surface area contributed by atoms with Crippen LogP contribution in [0.5, 0.6) is 0 Å². The highest BCUT2D eigenvalue weighted by Gasteiger charge is 2.22. The predicted octanol–water partition coefficient (Wildman–Crippen LogP) is 5.14. The summed E-state index contributed by atoms with van der Waals surface area (Å²) in [6.45, 7) is 4.52. The molecule has 1 aliphatic rings. The summed E-state index contributed by atoms with van der Waals surface area (Å²) in [4.78, 5) is 26.4. The number of nitrogens with zero attached hydrogens (tertiary/aromatic N) is 1. The van der Waals surface area contributed by atoms with Crippen molar-refractivity contribution in [2.24, 2.45) is 0 Å². The van der Waals surface area contributed by atoms with Crippen LogP contribution < -0.4 is 14.9 Å². The molecule has 1 heterocycles. The zero-order chi connectivity index (χ0) is 24.5. The van der Waals surface area contributed by atoms with Gasteiger partial charge in [-0.25, -0.2) is 8.42 Å². The van der Waals surface area contributed by atoms with Crippen molar-refractivity contribution in [3.63, 3.8) is 0 Å². The van der Waals surface area contributed by atoms with E-state index in [2.05, 4.69) is 10.0 Å². The first-order valence-electron chi connectivity index (χ1n) is 10.8. The van der Waals surface area contributed by atoms with Gasteiger partial charge in [-0.05, 0) is 86.0 Å². The fourth-order valence-electron chi connectivity index (χ4n) is 3.71. The average Bonchev–Trinajstić information content (AvgIpc) is 3.22. The van der Waals surface area contributed by atoms with Gasteiger partial charge in [0.25, 0.3) is 15.9 Å². The molecule has 0 aliphatic carbocycles. The summed E-state index contributed by atoms with van der Waals surface area (Å²) in [5, 5.41) is 2.85. The standard InChI is InChI=1S/C25H24ClN3O4S/c1-16-5-6-19(14-17(16)2)28-34(32,33)21-11-12-23(26)22(15-21)25(31)27-18-7-9-20(10-8-18)29-13-3-4-24(29)30/h5-12,14-15,28H,3-4,13H2,1-2H3,(H,27,31). The van der Waals surface area contributed by atoms with Gasteiger partial charge < -0.3 is 10.2 Å². The molecule has 0 bridgehead atoms. The molecule has 1 aliphatic heterocycles. The second-order valence-electron chi connectivity index (χ2n) is 8.20. The van der Waals surface area contributed by atoms with Crippen LogP contribution in [-0.2, 0) is 14.8 Å². The topological polar surface area (TPSA) is 95.6 Å². The zero-order valence-corrected chi connectivity index (χ0v) is 20.3. The molecule has 2 amide bonds. The number of rotatable bonds is 6. The van der Waals surface area contributed by atoms with Gasteiger partial charge in [0.1, 0.15) is 0 Å². The van der Waals surface area contributed by atoms with Crippen LogP contribution in [-0.4, -0.2) is 26.8 Å². The van der Waals surface area contributed by atoms with Gasteiger partial charge in [0, 0.05) is 30.0 Å². The summed E-state index contributed by atoms with van der Waals surface area (Å²) in [6.07, 6.45) is 1.36. The number of amides is 2. The predicted molar refractivity (Wildman–Crippen MR) is 134 cm³/mol. The van der Waals surface area contributed by atoms with Crippen molar-refractivity contribution < 1.29 is 18.0 Å². The molecule has 2 N–H and O–H groups in total. The van der Waals surface area contributed by atoms with Crippen LogP contribution in [0.3, 0.4) is 0 Å². The van der Waals surface area contributed by atoms with Crippen molar-refractivity contribution in [2.75, 3.05) is 21.5 Å². The smallest absolute Gasteiger partial charge is 0.261 e. The van der Waals surface area contributed by atoms with Crippen molar-refractivity contribution in [1.29, 1.82) is 0 Å². The lowest BCUT2D eigenvalue weighted by molar-refractivity contribution is -0.117. The van der Waals surface area contributed by atoms with Gasteiger partial charge in [-0.3, -0.25) is 14.3 Å². The minimum absolute atomic E-state index is 0.0309. The second kappa shape index (κ2) is 9.48. The maximum absolute atomic E-state index is 12.9. The van der Waals surface area contributed by atoms with Gasteiger partial charge in [-0.2, -0.15) is 0 Å². The normalized spacial score (nSPS) is 13.7. The minimum atomic E-state index is -3.93. The number of anilines is 3. The molecule has 3 aromatic rings. The molecule has 1 saturated heterocycles. The highest BCUT2D eigenvalue weighted by molar-refractivity contribution is 7.92. The number of hydrogen-bond acceptors (Lipinski definition) is 4. The van der Waals surface area contributed by atoms with Gasteiger partial charge in [-0.1, -0.05) is 17.7 Å². The first-order valence-corrected chi connectivity index (χ1v) is 12.6. The number of sulfonamides is 1. The Hall–Kier alpha value is -3.36. The third-order valence-electron chi connectivity index (χ3n) is 5.76. The number of hydrogen-bond donors (Lipinski definition) is 2. The van der Waals surface area contributed by atoms with Crippen molar-refractivity contribution in [2.45, 2.75) is 31.6 Å². The van der Waals surface area contributed by atoms with Crippen LogP contribution >= 0.6 is 11.6 Å². The summed E-state index contributed by atoms with van der Waals surface area (Å²) in [7, 11) is -3.93. The summed E-state index contributed by atoms with van der Waals surface area (Å²) in [6, 6.07) is 16.1. The highest BCUT2D eigenvalue weighted by atomic mass is 35.5. The number of benzene rings is 3. The third kappa shape index (κ3) is 5.08. The lowest BCUT2D eigenvalue weighted by Gasteiger charge is -2.16. The van der Waals surface area contributed by atoms with Crippen molar-refractivity contribution in [1.82, 2.24) is 0 Å². The summed E-state index contributed by atoms with van der Waals surface area (Å²) in [5.74, 6) is -0.464. The lowest BCUT2D eigenvalue weighted by atomic mass is 10.1. The molecule has 0 unspecified atom stereocenters. The molecular formula is C25H24ClN3O4S. The molecule has 0 atom stereocenters. The third-order valence-corrected chi connectivity index (χ3v) is 7.47. The molecular weight excluding hydrogens is 474 g/mol. The van der Waals surface area contributed by atoms with E-state index in [0.29, 0.717) is 24.3 Å². The Morgan fingerprint density at radius 1 is 0.941 bits per heavy atom. The van der Waals surface area contributed by atoms with Crippen LogP contribution in [0.25, 0.3) is 0 Å². The number of aryl methyl sites for hydroxylation is 2. The van der Waals surface area contributed by atoms with E-state index in [-0.39, 0.29) is 21.4 Å². The summed E-state index contributed by atoms with van der Waals surface area (Å²) < 4.78 is 28.4. The van der Waals surface area contributed by atoms with Crippen LogP contribution in [0.1, 0.15) is 34.3 Å².